The molecule has 0 unspecified atom stereocenters. The summed E-state index contributed by atoms with van der Waals surface area (Å²) in [6.45, 7) is 5.05. The SMILES string of the molecule is CC(C)S(=O)(=O)NN1CCCCC1. The zero-order valence-electron chi connectivity index (χ0n) is 8.28. The Morgan fingerprint density at radius 2 is 1.69 bits per heavy atom. The van der Waals surface area contributed by atoms with Gasteiger partial charge in [-0.3, -0.25) is 0 Å². The Balaban J connectivity index is 2.47. The molecule has 0 aromatic carbocycles. The third-order valence-electron chi connectivity index (χ3n) is 2.23. The minimum Gasteiger partial charge on any atom is -0.231 e. The monoisotopic (exact) mass is 206 g/mol. The van der Waals surface area contributed by atoms with Gasteiger partial charge in [-0.25, -0.2) is 13.4 Å². The summed E-state index contributed by atoms with van der Waals surface area (Å²) >= 11 is 0. The summed E-state index contributed by atoms with van der Waals surface area (Å²) in [5.74, 6) is 0. The van der Waals surface area contributed by atoms with Crippen molar-refractivity contribution in [2.45, 2.75) is 38.4 Å². The Hall–Kier alpha value is -0.130. The summed E-state index contributed by atoms with van der Waals surface area (Å²) < 4.78 is 22.9. The second kappa shape index (κ2) is 4.39. The molecular weight excluding hydrogens is 188 g/mol. The second-order valence-electron chi connectivity index (χ2n) is 3.73. The summed E-state index contributed by atoms with van der Waals surface area (Å²) in [6, 6.07) is 0. The average molecular weight is 206 g/mol. The van der Waals surface area contributed by atoms with Gasteiger partial charge in [0.25, 0.3) is 0 Å². The fourth-order valence-corrected chi connectivity index (χ4v) is 2.02. The van der Waals surface area contributed by atoms with E-state index in [-0.39, 0.29) is 5.25 Å². The van der Waals surface area contributed by atoms with Gasteiger partial charge in [-0.05, 0) is 26.7 Å². The lowest BCUT2D eigenvalue weighted by Crippen LogP contribution is -2.47. The molecule has 1 aliphatic heterocycles. The van der Waals surface area contributed by atoms with E-state index in [9.17, 15) is 8.42 Å². The van der Waals surface area contributed by atoms with Crippen LogP contribution in [0.15, 0.2) is 0 Å². The Morgan fingerprint density at radius 3 is 2.15 bits per heavy atom. The Kier molecular flexibility index (Phi) is 3.70. The van der Waals surface area contributed by atoms with Crippen LogP contribution in [0, 0.1) is 0 Å². The zero-order chi connectivity index (χ0) is 9.90. The first-order valence-electron chi connectivity index (χ1n) is 4.78. The standard InChI is InChI=1S/C8H18N2O2S/c1-8(2)13(11,12)9-10-6-4-3-5-7-10/h8-9H,3-7H2,1-2H3. The van der Waals surface area contributed by atoms with Crippen LogP contribution in [0.1, 0.15) is 33.1 Å². The molecule has 0 spiro atoms. The van der Waals surface area contributed by atoms with Crippen molar-refractivity contribution >= 4 is 10.0 Å². The predicted octanol–water partition coefficient (Wildman–Crippen LogP) is 0.715. The number of hydrogen-bond donors (Lipinski definition) is 1. The highest BCUT2D eigenvalue weighted by atomic mass is 32.2. The van der Waals surface area contributed by atoms with Crippen LogP contribution in [-0.2, 0) is 10.0 Å². The van der Waals surface area contributed by atoms with E-state index in [1.807, 2.05) is 0 Å². The minimum absolute atomic E-state index is 0.352. The molecule has 1 rings (SSSR count). The molecule has 1 N–H and O–H groups in total. The molecule has 1 fully saturated rings. The van der Waals surface area contributed by atoms with E-state index in [1.165, 1.54) is 6.42 Å². The van der Waals surface area contributed by atoms with Crippen LogP contribution in [0.4, 0.5) is 0 Å². The van der Waals surface area contributed by atoms with Crippen molar-refractivity contribution < 1.29 is 8.42 Å². The molecule has 0 amide bonds. The summed E-state index contributed by atoms with van der Waals surface area (Å²) in [6.07, 6.45) is 3.38. The highest BCUT2D eigenvalue weighted by Crippen LogP contribution is 2.07. The average Bonchev–Trinajstić information content (AvgIpc) is 2.05. The van der Waals surface area contributed by atoms with Gasteiger partial charge in [0.1, 0.15) is 0 Å². The van der Waals surface area contributed by atoms with Crippen molar-refractivity contribution in [3.05, 3.63) is 0 Å². The van der Waals surface area contributed by atoms with Crippen molar-refractivity contribution in [3.8, 4) is 0 Å². The second-order valence-corrected chi connectivity index (χ2v) is 5.95. The third-order valence-corrected chi connectivity index (χ3v) is 3.99. The number of rotatable bonds is 3. The molecule has 13 heavy (non-hydrogen) atoms. The topological polar surface area (TPSA) is 49.4 Å². The molecule has 78 valence electrons. The number of sulfonamides is 1. The molecule has 0 radical (unpaired) electrons. The van der Waals surface area contributed by atoms with Crippen molar-refractivity contribution in [2.24, 2.45) is 0 Å². The van der Waals surface area contributed by atoms with Gasteiger partial charge in [-0.1, -0.05) is 6.42 Å². The van der Waals surface area contributed by atoms with E-state index in [4.69, 9.17) is 0 Å². The Bertz CT molecular complexity index is 243. The van der Waals surface area contributed by atoms with Gasteiger partial charge < -0.3 is 0 Å². The van der Waals surface area contributed by atoms with Crippen LogP contribution >= 0.6 is 0 Å². The van der Waals surface area contributed by atoms with E-state index >= 15 is 0 Å². The number of hydrogen-bond acceptors (Lipinski definition) is 3. The summed E-state index contributed by atoms with van der Waals surface area (Å²) in [7, 11) is -3.12. The maximum atomic E-state index is 11.4. The first-order chi connectivity index (χ1) is 6.02. The lowest BCUT2D eigenvalue weighted by atomic mass is 10.2. The third kappa shape index (κ3) is 3.25. The van der Waals surface area contributed by atoms with Gasteiger partial charge in [0.15, 0.2) is 0 Å². The van der Waals surface area contributed by atoms with Crippen molar-refractivity contribution in [3.63, 3.8) is 0 Å². The van der Waals surface area contributed by atoms with Crippen LogP contribution in [0.2, 0.25) is 0 Å². The van der Waals surface area contributed by atoms with E-state index < -0.39 is 10.0 Å². The molecule has 0 bridgehead atoms. The lowest BCUT2D eigenvalue weighted by Gasteiger charge is -2.27. The number of nitrogens with one attached hydrogen (secondary N) is 1. The fraction of sp³-hybridized carbons (Fsp3) is 1.00. The number of nitrogens with zero attached hydrogens (tertiary/aromatic N) is 1. The normalized spacial score (nSPS) is 20.8. The quantitative estimate of drug-likeness (QED) is 0.740. The van der Waals surface area contributed by atoms with Crippen molar-refractivity contribution in [1.82, 2.24) is 9.84 Å². The first kappa shape index (κ1) is 10.9. The Morgan fingerprint density at radius 1 is 1.15 bits per heavy atom. The predicted molar refractivity (Wildman–Crippen MR) is 52.6 cm³/mol. The molecule has 1 aliphatic rings. The van der Waals surface area contributed by atoms with Crippen LogP contribution in [0.3, 0.4) is 0 Å². The maximum Gasteiger partial charge on any atom is 0.226 e. The summed E-state index contributed by atoms with van der Waals surface area (Å²) in [5, 5.41) is 1.45. The molecule has 0 aromatic rings. The molecule has 0 saturated carbocycles. The maximum absolute atomic E-state index is 11.4. The largest absolute Gasteiger partial charge is 0.231 e. The van der Waals surface area contributed by atoms with E-state index in [1.54, 1.807) is 18.9 Å². The molecule has 0 aliphatic carbocycles. The van der Waals surface area contributed by atoms with Gasteiger partial charge in [0, 0.05) is 13.1 Å². The molecule has 0 aromatic heterocycles. The first-order valence-corrected chi connectivity index (χ1v) is 6.33. The van der Waals surface area contributed by atoms with Crippen molar-refractivity contribution in [2.75, 3.05) is 13.1 Å². The molecule has 1 saturated heterocycles. The number of hydrazine groups is 1. The summed E-state index contributed by atoms with van der Waals surface area (Å²) in [4.78, 5) is 2.60. The highest BCUT2D eigenvalue weighted by Gasteiger charge is 2.20. The zero-order valence-corrected chi connectivity index (χ0v) is 9.10. The molecule has 1 heterocycles. The van der Waals surface area contributed by atoms with Gasteiger partial charge in [0.05, 0.1) is 5.25 Å². The van der Waals surface area contributed by atoms with Crippen LogP contribution in [0.5, 0.6) is 0 Å². The van der Waals surface area contributed by atoms with Crippen LogP contribution < -0.4 is 4.83 Å². The molecule has 5 heteroatoms. The highest BCUT2D eigenvalue weighted by molar-refractivity contribution is 7.90. The minimum atomic E-state index is -3.12. The molecular formula is C8H18N2O2S. The van der Waals surface area contributed by atoms with E-state index in [0.717, 1.165) is 25.9 Å². The molecule has 0 atom stereocenters. The van der Waals surface area contributed by atoms with Gasteiger partial charge in [-0.15, -0.1) is 4.83 Å². The van der Waals surface area contributed by atoms with Crippen LogP contribution in [0.25, 0.3) is 0 Å². The van der Waals surface area contributed by atoms with E-state index in [2.05, 4.69) is 4.83 Å². The number of piperidine rings is 1. The van der Waals surface area contributed by atoms with Crippen LogP contribution in [-0.4, -0.2) is 31.8 Å². The lowest BCUT2D eigenvalue weighted by molar-refractivity contribution is 0.199. The van der Waals surface area contributed by atoms with E-state index in [0.29, 0.717) is 0 Å². The van der Waals surface area contributed by atoms with Gasteiger partial charge in [0.2, 0.25) is 10.0 Å². The smallest absolute Gasteiger partial charge is 0.226 e. The van der Waals surface area contributed by atoms with Gasteiger partial charge in [-0.2, -0.15) is 0 Å². The van der Waals surface area contributed by atoms with Crippen molar-refractivity contribution in [1.29, 1.82) is 0 Å². The molecule has 4 nitrogen and oxygen atoms in total. The summed E-state index contributed by atoms with van der Waals surface area (Å²) in [5.41, 5.74) is 0. The fourth-order valence-electron chi connectivity index (χ4n) is 1.27. The van der Waals surface area contributed by atoms with Gasteiger partial charge >= 0.3 is 0 Å². The Labute approximate surface area is 80.3 Å².